The molecule has 6 heteroatoms. The van der Waals surface area contributed by atoms with Crippen LogP contribution in [0, 0.1) is 0 Å². The predicted octanol–water partition coefficient (Wildman–Crippen LogP) is 2.78. The Bertz CT molecular complexity index is 520. The van der Waals surface area contributed by atoms with Gasteiger partial charge in [-0.05, 0) is 24.2 Å². The molecule has 0 radical (unpaired) electrons. The van der Waals surface area contributed by atoms with Crippen LogP contribution in [-0.2, 0) is 0 Å². The van der Waals surface area contributed by atoms with E-state index in [2.05, 4.69) is 20.0 Å². The third-order valence-corrected chi connectivity index (χ3v) is 2.76. The number of ether oxygens (including phenoxy) is 1. The van der Waals surface area contributed by atoms with E-state index in [0.717, 1.165) is 17.7 Å². The van der Waals surface area contributed by atoms with E-state index in [1.807, 2.05) is 6.92 Å². The first-order chi connectivity index (χ1) is 9.70. The Kier molecular flexibility index (Phi) is 4.95. The Hall–Kier alpha value is -2.08. The van der Waals surface area contributed by atoms with Gasteiger partial charge in [-0.2, -0.15) is 8.78 Å². The highest BCUT2D eigenvalue weighted by Crippen LogP contribution is 2.23. The van der Waals surface area contributed by atoms with Crippen molar-refractivity contribution in [2.45, 2.75) is 19.6 Å². The summed E-state index contributed by atoms with van der Waals surface area (Å²) in [5.41, 5.74) is 1.85. The van der Waals surface area contributed by atoms with Crippen LogP contribution >= 0.6 is 0 Å². The molecule has 1 aromatic carbocycles. The molecule has 1 heterocycles. The molecule has 0 fully saturated rings. The lowest BCUT2D eigenvalue weighted by molar-refractivity contribution is -0.0498. The number of nitrogens with zero attached hydrogens (tertiary/aromatic N) is 2. The van der Waals surface area contributed by atoms with Crippen LogP contribution in [-0.4, -0.2) is 23.1 Å². The van der Waals surface area contributed by atoms with Gasteiger partial charge in [0.1, 0.15) is 12.1 Å². The lowest BCUT2D eigenvalue weighted by Crippen LogP contribution is -2.22. The monoisotopic (exact) mass is 279 g/mol. The minimum Gasteiger partial charge on any atom is -0.435 e. The van der Waals surface area contributed by atoms with Crippen molar-refractivity contribution < 1.29 is 13.5 Å². The first kappa shape index (κ1) is 14.3. The minimum atomic E-state index is -2.81. The summed E-state index contributed by atoms with van der Waals surface area (Å²) in [6.45, 7) is -0.0622. The molecule has 0 spiro atoms. The number of nitrogens with one attached hydrogen (secondary N) is 1. The molecule has 1 atom stereocenters. The van der Waals surface area contributed by atoms with Crippen molar-refractivity contribution in [2.24, 2.45) is 0 Å². The van der Waals surface area contributed by atoms with Crippen LogP contribution in [0.15, 0.2) is 43.0 Å². The van der Waals surface area contributed by atoms with Crippen LogP contribution in [0.3, 0.4) is 0 Å². The fourth-order valence-corrected chi connectivity index (χ4v) is 1.93. The minimum absolute atomic E-state index is 0.0817. The van der Waals surface area contributed by atoms with Crippen LogP contribution < -0.4 is 10.1 Å². The highest BCUT2D eigenvalue weighted by molar-refractivity contribution is 5.33. The predicted molar refractivity (Wildman–Crippen MR) is 70.6 cm³/mol. The SMILES string of the molecule is CCNC(c1ccc(OC(F)F)cc1)c1cncnc1. The molecule has 2 aromatic rings. The Morgan fingerprint density at radius 1 is 1.10 bits per heavy atom. The Morgan fingerprint density at radius 2 is 1.75 bits per heavy atom. The van der Waals surface area contributed by atoms with Crippen LogP contribution in [0.25, 0.3) is 0 Å². The fourth-order valence-electron chi connectivity index (χ4n) is 1.93. The van der Waals surface area contributed by atoms with Crippen molar-refractivity contribution in [1.82, 2.24) is 15.3 Å². The zero-order valence-electron chi connectivity index (χ0n) is 11.0. The summed E-state index contributed by atoms with van der Waals surface area (Å²) in [6, 6.07) is 6.46. The normalized spacial score (nSPS) is 12.4. The van der Waals surface area contributed by atoms with Gasteiger partial charge in [0.25, 0.3) is 0 Å². The number of benzene rings is 1. The van der Waals surface area contributed by atoms with E-state index >= 15 is 0 Å². The second-order valence-electron chi connectivity index (χ2n) is 4.11. The standard InChI is InChI=1S/C14H15F2N3O/c1-2-19-13(11-7-17-9-18-8-11)10-3-5-12(6-4-10)20-14(15)16/h3-9,13-14,19H,2H2,1H3. The molecular weight excluding hydrogens is 264 g/mol. The number of aromatic nitrogens is 2. The van der Waals surface area contributed by atoms with Crippen molar-refractivity contribution >= 4 is 0 Å². The second-order valence-corrected chi connectivity index (χ2v) is 4.11. The number of alkyl halides is 2. The topological polar surface area (TPSA) is 47.0 Å². The van der Waals surface area contributed by atoms with Gasteiger partial charge in [-0.1, -0.05) is 19.1 Å². The van der Waals surface area contributed by atoms with Gasteiger partial charge in [0.15, 0.2) is 0 Å². The van der Waals surface area contributed by atoms with Gasteiger partial charge in [0.05, 0.1) is 6.04 Å². The Balaban J connectivity index is 2.21. The van der Waals surface area contributed by atoms with E-state index in [0.29, 0.717) is 0 Å². The van der Waals surface area contributed by atoms with Crippen molar-refractivity contribution in [3.8, 4) is 5.75 Å². The van der Waals surface area contributed by atoms with Crippen LogP contribution in [0.1, 0.15) is 24.1 Å². The van der Waals surface area contributed by atoms with E-state index in [1.54, 1.807) is 24.5 Å². The third-order valence-electron chi connectivity index (χ3n) is 2.76. The number of halogens is 2. The fraction of sp³-hybridized carbons (Fsp3) is 0.286. The molecule has 0 saturated heterocycles. The van der Waals surface area contributed by atoms with Gasteiger partial charge < -0.3 is 10.1 Å². The largest absolute Gasteiger partial charge is 0.435 e. The molecule has 0 aliphatic rings. The van der Waals surface area contributed by atoms with Crippen molar-refractivity contribution in [2.75, 3.05) is 6.54 Å². The molecule has 0 saturated carbocycles. The third kappa shape index (κ3) is 3.71. The molecule has 20 heavy (non-hydrogen) atoms. The summed E-state index contributed by atoms with van der Waals surface area (Å²) < 4.78 is 28.6. The van der Waals surface area contributed by atoms with E-state index < -0.39 is 6.61 Å². The van der Waals surface area contributed by atoms with Crippen molar-refractivity contribution in [3.63, 3.8) is 0 Å². The molecule has 1 aromatic heterocycles. The molecule has 0 aliphatic carbocycles. The molecule has 1 unspecified atom stereocenters. The maximum Gasteiger partial charge on any atom is 0.387 e. The van der Waals surface area contributed by atoms with Crippen LogP contribution in [0.4, 0.5) is 8.78 Å². The van der Waals surface area contributed by atoms with Crippen molar-refractivity contribution in [3.05, 3.63) is 54.1 Å². The lowest BCUT2D eigenvalue weighted by atomic mass is 10.0. The summed E-state index contributed by atoms with van der Waals surface area (Å²) in [5.74, 6) is 0.142. The van der Waals surface area contributed by atoms with Crippen LogP contribution in [0.5, 0.6) is 5.75 Å². The molecule has 0 amide bonds. The van der Waals surface area contributed by atoms with Gasteiger partial charge in [-0.25, -0.2) is 9.97 Å². The van der Waals surface area contributed by atoms with E-state index in [4.69, 9.17) is 0 Å². The zero-order valence-corrected chi connectivity index (χ0v) is 11.0. The second kappa shape index (κ2) is 6.91. The van der Waals surface area contributed by atoms with Gasteiger partial charge in [-0.15, -0.1) is 0 Å². The molecule has 0 aliphatic heterocycles. The van der Waals surface area contributed by atoms with E-state index in [9.17, 15) is 8.78 Å². The van der Waals surface area contributed by atoms with E-state index in [1.165, 1.54) is 18.5 Å². The average molecular weight is 279 g/mol. The van der Waals surface area contributed by atoms with Crippen molar-refractivity contribution in [1.29, 1.82) is 0 Å². The smallest absolute Gasteiger partial charge is 0.387 e. The molecule has 2 rings (SSSR count). The molecule has 0 bridgehead atoms. The van der Waals surface area contributed by atoms with E-state index in [-0.39, 0.29) is 11.8 Å². The number of rotatable bonds is 6. The van der Waals surface area contributed by atoms with Gasteiger partial charge in [0, 0.05) is 18.0 Å². The first-order valence-electron chi connectivity index (χ1n) is 6.23. The molecular formula is C14H15F2N3O. The average Bonchev–Trinajstić information content (AvgIpc) is 2.46. The summed E-state index contributed by atoms with van der Waals surface area (Å²) in [7, 11) is 0. The Morgan fingerprint density at radius 3 is 2.30 bits per heavy atom. The lowest BCUT2D eigenvalue weighted by Gasteiger charge is -2.18. The molecule has 4 nitrogen and oxygen atoms in total. The maximum atomic E-state index is 12.1. The highest BCUT2D eigenvalue weighted by atomic mass is 19.3. The summed E-state index contributed by atoms with van der Waals surface area (Å²) in [6.07, 6.45) is 4.92. The number of hydrogen-bond acceptors (Lipinski definition) is 4. The van der Waals surface area contributed by atoms with Crippen LogP contribution in [0.2, 0.25) is 0 Å². The van der Waals surface area contributed by atoms with Gasteiger partial charge in [0.2, 0.25) is 0 Å². The quantitative estimate of drug-likeness (QED) is 0.883. The summed E-state index contributed by atoms with van der Waals surface area (Å²) >= 11 is 0. The summed E-state index contributed by atoms with van der Waals surface area (Å²) in [4.78, 5) is 7.99. The summed E-state index contributed by atoms with van der Waals surface area (Å²) in [5, 5.41) is 3.31. The van der Waals surface area contributed by atoms with Gasteiger partial charge in [-0.3, -0.25) is 0 Å². The Labute approximate surface area is 115 Å². The molecule has 1 N–H and O–H groups in total. The van der Waals surface area contributed by atoms with Gasteiger partial charge >= 0.3 is 6.61 Å². The zero-order chi connectivity index (χ0) is 14.4. The number of hydrogen-bond donors (Lipinski definition) is 1. The maximum absolute atomic E-state index is 12.1. The highest BCUT2D eigenvalue weighted by Gasteiger charge is 2.14. The molecule has 106 valence electrons. The first-order valence-corrected chi connectivity index (χ1v) is 6.23.